The summed E-state index contributed by atoms with van der Waals surface area (Å²) >= 11 is 0. The molecule has 0 radical (unpaired) electrons. The maximum absolute atomic E-state index is 10.5. The van der Waals surface area contributed by atoms with Crippen molar-refractivity contribution < 1.29 is 0 Å². The third kappa shape index (κ3) is 4.37. The van der Waals surface area contributed by atoms with Crippen molar-refractivity contribution in [3.8, 4) is 46.1 Å². The van der Waals surface area contributed by atoms with Crippen molar-refractivity contribution in [3.63, 3.8) is 0 Å². The van der Waals surface area contributed by atoms with Gasteiger partial charge in [0, 0.05) is 33.5 Å². The highest BCUT2D eigenvalue weighted by Gasteiger charge is 2.40. The molecule has 9 rings (SSSR count). The Kier molecular flexibility index (Phi) is 6.70. The highest BCUT2D eigenvalue weighted by Crippen LogP contribution is 2.51. The number of nitriles is 3. The number of anilines is 2. The lowest BCUT2D eigenvalue weighted by atomic mass is 9.88. The summed E-state index contributed by atoms with van der Waals surface area (Å²) < 4.78 is 2.19. The molecule has 0 amide bonds. The Morgan fingerprint density at radius 3 is 1.98 bits per heavy atom. The van der Waals surface area contributed by atoms with Crippen LogP contribution in [0.5, 0.6) is 0 Å². The Hall–Kier alpha value is -7.13. The van der Waals surface area contributed by atoms with E-state index in [2.05, 4.69) is 125 Å². The van der Waals surface area contributed by atoms with Gasteiger partial charge in [0.25, 0.3) is 0 Å². The average molecular weight is 638 g/mol. The molecule has 0 saturated heterocycles. The van der Waals surface area contributed by atoms with Gasteiger partial charge in [-0.25, -0.2) is 0 Å². The van der Waals surface area contributed by atoms with Crippen LogP contribution in [0.3, 0.4) is 0 Å². The van der Waals surface area contributed by atoms with E-state index >= 15 is 0 Å². The molecule has 1 aliphatic carbocycles. The first-order valence-electron chi connectivity index (χ1n) is 16.5. The predicted molar refractivity (Wildman–Crippen MR) is 199 cm³/mol. The van der Waals surface area contributed by atoms with Gasteiger partial charge < -0.3 is 9.47 Å². The van der Waals surface area contributed by atoms with Gasteiger partial charge in [-0.05, 0) is 70.8 Å². The van der Waals surface area contributed by atoms with Crippen molar-refractivity contribution in [2.24, 2.45) is 0 Å². The molecule has 1 aliphatic heterocycles. The molecule has 0 saturated carbocycles. The zero-order valence-electron chi connectivity index (χ0n) is 26.8. The summed E-state index contributed by atoms with van der Waals surface area (Å²) in [7, 11) is 0. The normalized spacial score (nSPS) is 15.9. The van der Waals surface area contributed by atoms with Crippen molar-refractivity contribution in [2.45, 2.75) is 12.0 Å². The van der Waals surface area contributed by atoms with E-state index in [4.69, 9.17) is 0 Å². The van der Waals surface area contributed by atoms with Crippen LogP contribution in [0.1, 0.15) is 22.6 Å². The number of nitrogens with zero attached hydrogens (tertiary/aromatic N) is 5. The molecule has 2 heterocycles. The molecule has 50 heavy (non-hydrogen) atoms. The molecule has 6 aromatic carbocycles. The number of rotatable bonds is 4. The Balaban J connectivity index is 1.15. The molecule has 2 aliphatic rings. The van der Waals surface area contributed by atoms with Gasteiger partial charge in [0.1, 0.15) is 12.1 Å². The highest BCUT2D eigenvalue weighted by molar-refractivity contribution is 6.09. The van der Waals surface area contributed by atoms with Gasteiger partial charge in [-0.3, -0.25) is 0 Å². The molecule has 5 heteroatoms. The molecule has 2 atom stereocenters. The number of allylic oxidation sites excluding steroid dienone is 2. The van der Waals surface area contributed by atoms with Gasteiger partial charge in [0.2, 0.25) is 0 Å². The second-order valence-electron chi connectivity index (χ2n) is 12.6. The smallest absolute Gasteiger partial charge is 0.101 e. The minimum atomic E-state index is -0.0764. The largest absolute Gasteiger partial charge is 0.332 e. The van der Waals surface area contributed by atoms with E-state index < -0.39 is 0 Å². The van der Waals surface area contributed by atoms with Crippen LogP contribution >= 0.6 is 0 Å². The third-order valence-corrected chi connectivity index (χ3v) is 10.0. The summed E-state index contributed by atoms with van der Waals surface area (Å²) in [5.41, 5.74) is 11.7. The van der Waals surface area contributed by atoms with Crippen LogP contribution in [0.25, 0.3) is 49.7 Å². The molecular formula is C45H27N5. The van der Waals surface area contributed by atoms with E-state index in [1.807, 2.05) is 54.6 Å². The fraction of sp³-hybridized carbons (Fsp3) is 0.0444. The van der Waals surface area contributed by atoms with Crippen LogP contribution in [0.2, 0.25) is 0 Å². The number of fused-ring (bicyclic) bond motifs is 6. The summed E-state index contributed by atoms with van der Waals surface area (Å²) in [5.74, 6) is -0.0465. The van der Waals surface area contributed by atoms with Crippen molar-refractivity contribution in [2.75, 3.05) is 4.90 Å². The van der Waals surface area contributed by atoms with Crippen LogP contribution in [0.4, 0.5) is 11.4 Å². The van der Waals surface area contributed by atoms with Crippen molar-refractivity contribution >= 4 is 33.2 Å². The molecule has 2 unspecified atom stereocenters. The maximum atomic E-state index is 10.5. The lowest BCUT2D eigenvalue weighted by molar-refractivity contribution is 0.741. The van der Waals surface area contributed by atoms with Gasteiger partial charge in [0.05, 0.1) is 45.6 Å². The summed E-state index contributed by atoms with van der Waals surface area (Å²) in [6.45, 7) is 0. The molecule has 0 bridgehead atoms. The van der Waals surface area contributed by atoms with Gasteiger partial charge in [-0.2, -0.15) is 15.8 Å². The Bertz CT molecular complexity index is 2670. The zero-order valence-corrected chi connectivity index (χ0v) is 26.8. The predicted octanol–water partition coefficient (Wildman–Crippen LogP) is 10.5. The van der Waals surface area contributed by atoms with Crippen LogP contribution in [-0.4, -0.2) is 10.6 Å². The van der Waals surface area contributed by atoms with E-state index in [9.17, 15) is 15.8 Å². The maximum Gasteiger partial charge on any atom is 0.101 e. The number of hydrogen-bond donors (Lipinski definition) is 0. The lowest BCUT2D eigenvalue weighted by Gasteiger charge is -2.31. The Morgan fingerprint density at radius 2 is 1.22 bits per heavy atom. The van der Waals surface area contributed by atoms with E-state index in [-0.39, 0.29) is 12.0 Å². The first-order valence-corrected chi connectivity index (χ1v) is 16.5. The topological polar surface area (TPSA) is 79.5 Å². The SMILES string of the molecule is N#CC1=CC2c3cccc(C#N)c3N(c3ccccc3-c3cccc(-c4ccc(-n5c6ccccc6c6ccccc65)c(C#N)c4)c3)C2C=C1. The second-order valence-corrected chi connectivity index (χ2v) is 12.6. The average Bonchev–Trinajstić information content (AvgIpc) is 3.70. The van der Waals surface area contributed by atoms with Crippen molar-refractivity contribution in [1.82, 2.24) is 4.57 Å². The number of benzene rings is 6. The van der Waals surface area contributed by atoms with Gasteiger partial charge in [-0.1, -0.05) is 103 Å². The third-order valence-electron chi connectivity index (χ3n) is 10.0. The lowest BCUT2D eigenvalue weighted by Crippen LogP contribution is -2.29. The van der Waals surface area contributed by atoms with Gasteiger partial charge in [0.15, 0.2) is 0 Å². The van der Waals surface area contributed by atoms with Gasteiger partial charge >= 0.3 is 0 Å². The minimum Gasteiger partial charge on any atom is -0.332 e. The van der Waals surface area contributed by atoms with E-state index in [0.29, 0.717) is 16.7 Å². The van der Waals surface area contributed by atoms with Crippen molar-refractivity contribution in [3.05, 3.63) is 174 Å². The molecule has 0 fully saturated rings. The summed E-state index contributed by atoms with van der Waals surface area (Å²) in [6.07, 6.45) is 5.98. The Morgan fingerprint density at radius 1 is 0.540 bits per heavy atom. The van der Waals surface area contributed by atoms with Gasteiger partial charge in [-0.15, -0.1) is 0 Å². The fourth-order valence-electron chi connectivity index (χ4n) is 7.86. The van der Waals surface area contributed by atoms with Crippen LogP contribution in [0, 0.1) is 34.0 Å². The standard InChI is InChI=1S/C45H27N5/c46-26-29-19-21-44-39(23-29)38-15-8-11-33(27-47)45(38)50(44)41-16-4-1-12-35(41)32-10-7-9-30(24-32)31-20-22-40(34(25-31)28-48)49-42-17-5-2-13-36(42)37-14-3-6-18-43(37)49/h1-25,39,44H. The monoisotopic (exact) mass is 637 g/mol. The van der Waals surface area contributed by atoms with Crippen LogP contribution in [-0.2, 0) is 0 Å². The first-order chi connectivity index (χ1) is 24.7. The molecular weight excluding hydrogens is 611 g/mol. The number of para-hydroxylation sites is 4. The van der Waals surface area contributed by atoms with E-state index in [1.54, 1.807) is 0 Å². The minimum absolute atomic E-state index is 0.0465. The summed E-state index contributed by atoms with van der Waals surface area (Å²) in [5, 5.41) is 32.6. The fourth-order valence-corrected chi connectivity index (χ4v) is 7.86. The summed E-state index contributed by atoms with van der Waals surface area (Å²) in [4.78, 5) is 2.26. The Labute approximate surface area is 289 Å². The number of hydrogen-bond acceptors (Lipinski definition) is 4. The van der Waals surface area contributed by atoms with Crippen LogP contribution < -0.4 is 4.90 Å². The second kappa shape index (κ2) is 11.5. The molecule has 0 spiro atoms. The number of aromatic nitrogens is 1. The quantitative estimate of drug-likeness (QED) is 0.192. The van der Waals surface area contributed by atoms with Crippen molar-refractivity contribution in [1.29, 1.82) is 15.8 Å². The van der Waals surface area contributed by atoms with Crippen LogP contribution in [0.15, 0.2) is 157 Å². The molecule has 5 nitrogen and oxygen atoms in total. The molecule has 232 valence electrons. The zero-order chi connectivity index (χ0) is 33.8. The highest BCUT2D eigenvalue weighted by atomic mass is 15.2. The van der Waals surface area contributed by atoms with E-state index in [1.165, 1.54) is 0 Å². The van der Waals surface area contributed by atoms with E-state index in [0.717, 1.165) is 66.7 Å². The molecule has 0 N–H and O–H groups in total. The molecule has 7 aromatic rings. The summed E-state index contributed by atoms with van der Waals surface area (Å²) in [6, 6.07) is 52.4. The molecule has 1 aromatic heterocycles. The first kappa shape index (κ1) is 29.0.